The summed E-state index contributed by atoms with van der Waals surface area (Å²) in [7, 11) is 0. The molecule has 1 aromatic heterocycles. The van der Waals surface area contributed by atoms with Gasteiger partial charge in [-0.25, -0.2) is 9.78 Å². The number of hydrogen-bond donors (Lipinski definition) is 1. The van der Waals surface area contributed by atoms with Crippen LogP contribution in [-0.2, 0) is 19.4 Å². The van der Waals surface area contributed by atoms with Gasteiger partial charge in [-0.15, -0.1) is 11.3 Å². The predicted molar refractivity (Wildman–Crippen MR) is 130 cm³/mol. The largest absolute Gasteiger partial charge is 0.494 e. The van der Waals surface area contributed by atoms with Crippen LogP contribution >= 0.6 is 11.3 Å². The van der Waals surface area contributed by atoms with Crippen LogP contribution in [0.1, 0.15) is 63.7 Å². The molecule has 1 amide bonds. The second kappa shape index (κ2) is 12.2. The SMILES string of the molecule is CCCc1cc(OCC)cc(C(=O)N(CCCc2ccccc2)Cc2nc(C(=O)O)cs2)c1. The van der Waals surface area contributed by atoms with Crippen LogP contribution in [0.2, 0.25) is 0 Å². The van der Waals surface area contributed by atoms with E-state index in [0.29, 0.717) is 29.5 Å². The van der Waals surface area contributed by atoms with Gasteiger partial charge in [-0.2, -0.15) is 0 Å². The molecule has 6 nitrogen and oxygen atoms in total. The van der Waals surface area contributed by atoms with E-state index in [1.54, 1.807) is 11.0 Å². The van der Waals surface area contributed by atoms with Gasteiger partial charge in [0, 0.05) is 17.5 Å². The maximum Gasteiger partial charge on any atom is 0.355 e. The molecule has 0 saturated heterocycles. The van der Waals surface area contributed by atoms with Gasteiger partial charge >= 0.3 is 5.97 Å². The first-order valence-electron chi connectivity index (χ1n) is 11.3. The third kappa shape index (κ3) is 7.15. The molecule has 0 bridgehead atoms. The molecule has 1 N–H and O–H groups in total. The van der Waals surface area contributed by atoms with Crippen LogP contribution < -0.4 is 4.74 Å². The van der Waals surface area contributed by atoms with Crippen molar-refractivity contribution in [3.63, 3.8) is 0 Å². The Balaban J connectivity index is 1.82. The minimum Gasteiger partial charge on any atom is -0.494 e. The Morgan fingerprint density at radius 1 is 1.06 bits per heavy atom. The van der Waals surface area contributed by atoms with Crippen molar-refractivity contribution in [2.75, 3.05) is 13.2 Å². The number of carboxylic acid groups (broad SMARTS) is 1. The number of ether oxygens (including phenoxy) is 1. The minimum atomic E-state index is -1.06. The molecule has 0 unspecified atom stereocenters. The first-order valence-corrected chi connectivity index (χ1v) is 12.2. The summed E-state index contributed by atoms with van der Waals surface area (Å²) in [5, 5.41) is 11.3. The number of aryl methyl sites for hydroxylation is 2. The van der Waals surface area contributed by atoms with Crippen molar-refractivity contribution < 1.29 is 19.4 Å². The average Bonchev–Trinajstić information content (AvgIpc) is 3.28. The van der Waals surface area contributed by atoms with Crippen molar-refractivity contribution in [3.05, 3.63) is 81.3 Å². The molecule has 0 aliphatic heterocycles. The fourth-order valence-corrected chi connectivity index (χ4v) is 4.45. The Kier molecular flexibility index (Phi) is 9.01. The number of carbonyl (C=O) groups is 2. The number of benzene rings is 2. The van der Waals surface area contributed by atoms with Gasteiger partial charge in [0.2, 0.25) is 0 Å². The number of hydrogen-bond acceptors (Lipinski definition) is 5. The van der Waals surface area contributed by atoms with Crippen LogP contribution in [0, 0.1) is 0 Å². The zero-order valence-electron chi connectivity index (χ0n) is 19.1. The Labute approximate surface area is 198 Å². The topological polar surface area (TPSA) is 79.7 Å². The number of thiazole rings is 1. The zero-order valence-corrected chi connectivity index (χ0v) is 19.9. The molecule has 0 atom stereocenters. The van der Waals surface area contributed by atoms with E-state index in [9.17, 15) is 14.7 Å². The summed E-state index contributed by atoms with van der Waals surface area (Å²) in [6.07, 6.45) is 3.48. The maximum atomic E-state index is 13.6. The van der Waals surface area contributed by atoms with Crippen LogP contribution in [0.15, 0.2) is 53.9 Å². The number of carbonyl (C=O) groups excluding carboxylic acids is 1. The van der Waals surface area contributed by atoms with Gasteiger partial charge in [-0.1, -0.05) is 43.7 Å². The molecule has 1 heterocycles. The lowest BCUT2D eigenvalue weighted by molar-refractivity contribution is 0.0691. The lowest BCUT2D eigenvalue weighted by Crippen LogP contribution is -2.32. The normalized spacial score (nSPS) is 10.7. The number of aromatic carboxylic acids is 1. The van der Waals surface area contributed by atoms with E-state index >= 15 is 0 Å². The van der Waals surface area contributed by atoms with Crippen molar-refractivity contribution in [1.29, 1.82) is 0 Å². The number of carboxylic acids is 1. The first kappa shape index (κ1) is 24.5. The molecule has 0 spiro atoms. The standard InChI is InChI=1S/C26H30N2O4S/c1-3-9-20-14-21(16-22(15-20)32-4-2)25(29)28(13-8-12-19-10-6-5-7-11-19)17-24-27-23(18-33-24)26(30)31/h5-7,10-11,14-16,18H,3-4,8-9,12-13,17H2,1-2H3,(H,30,31). The molecule has 174 valence electrons. The second-order valence-corrected chi connectivity index (χ2v) is 8.74. The van der Waals surface area contributed by atoms with Gasteiger partial charge < -0.3 is 14.7 Å². The summed E-state index contributed by atoms with van der Waals surface area (Å²) in [5.41, 5.74) is 2.88. The highest BCUT2D eigenvalue weighted by atomic mass is 32.1. The summed E-state index contributed by atoms with van der Waals surface area (Å²) >= 11 is 1.26. The van der Waals surface area contributed by atoms with Crippen molar-refractivity contribution in [3.8, 4) is 5.75 Å². The lowest BCUT2D eigenvalue weighted by atomic mass is 10.0. The number of nitrogens with zero attached hydrogens (tertiary/aromatic N) is 2. The molecule has 2 aromatic carbocycles. The average molecular weight is 467 g/mol. The summed E-state index contributed by atoms with van der Waals surface area (Å²) in [6.45, 7) is 5.37. The molecule has 3 aromatic rings. The highest BCUT2D eigenvalue weighted by Crippen LogP contribution is 2.22. The Morgan fingerprint density at radius 3 is 2.52 bits per heavy atom. The van der Waals surface area contributed by atoms with Gasteiger partial charge in [-0.3, -0.25) is 4.79 Å². The van der Waals surface area contributed by atoms with Crippen molar-refractivity contribution >= 4 is 23.2 Å². The van der Waals surface area contributed by atoms with Gasteiger partial charge in [-0.05, 0) is 55.5 Å². The zero-order chi connectivity index (χ0) is 23.6. The molecular weight excluding hydrogens is 436 g/mol. The van der Waals surface area contributed by atoms with Gasteiger partial charge in [0.15, 0.2) is 5.69 Å². The van der Waals surface area contributed by atoms with E-state index in [2.05, 4.69) is 24.0 Å². The first-order chi connectivity index (χ1) is 16.0. The summed E-state index contributed by atoms with van der Waals surface area (Å²) < 4.78 is 5.70. The van der Waals surface area contributed by atoms with E-state index in [1.165, 1.54) is 22.3 Å². The molecule has 0 saturated carbocycles. The Hall–Kier alpha value is -3.19. The Bertz CT molecular complexity index is 1040. The van der Waals surface area contributed by atoms with E-state index in [0.717, 1.165) is 31.2 Å². The van der Waals surface area contributed by atoms with Crippen molar-refractivity contribution in [1.82, 2.24) is 9.88 Å². The smallest absolute Gasteiger partial charge is 0.355 e. The van der Waals surface area contributed by atoms with Crippen LogP contribution in [0.5, 0.6) is 5.75 Å². The highest BCUT2D eigenvalue weighted by molar-refractivity contribution is 7.09. The summed E-state index contributed by atoms with van der Waals surface area (Å²) in [5.74, 6) is -0.472. The lowest BCUT2D eigenvalue weighted by Gasteiger charge is -2.22. The van der Waals surface area contributed by atoms with E-state index in [4.69, 9.17) is 4.74 Å². The van der Waals surface area contributed by atoms with E-state index < -0.39 is 5.97 Å². The van der Waals surface area contributed by atoms with E-state index in [1.807, 2.05) is 37.3 Å². The van der Waals surface area contributed by atoms with Crippen LogP contribution in [0.4, 0.5) is 0 Å². The van der Waals surface area contributed by atoms with Crippen LogP contribution in [-0.4, -0.2) is 40.0 Å². The number of amides is 1. The molecule has 33 heavy (non-hydrogen) atoms. The van der Waals surface area contributed by atoms with Gasteiger partial charge in [0.05, 0.1) is 13.2 Å². The third-order valence-corrected chi connectivity index (χ3v) is 6.02. The second-order valence-electron chi connectivity index (χ2n) is 7.80. The van der Waals surface area contributed by atoms with Gasteiger partial charge in [0.25, 0.3) is 5.91 Å². The molecular formula is C26H30N2O4S. The molecule has 0 aliphatic carbocycles. The number of aromatic nitrogens is 1. The molecule has 0 aliphatic rings. The predicted octanol–water partition coefficient (Wildman–Crippen LogP) is 5.47. The maximum absolute atomic E-state index is 13.6. The van der Waals surface area contributed by atoms with Crippen molar-refractivity contribution in [2.24, 2.45) is 0 Å². The van der Waals surface area contributed by atoms with Crippen LogP contribution in [0.3, 0.4) is 0 Å². The minimum absolute atomic E-state index is 0.00950. The van der Waals surface area contributed by atoms with E-state index in [-0.39, 0.29) is 18.1 Å². The summed E-state index contributed by atoms with van der Waals surface area (Å²) in [6, 6.07) is 15.9. The number of rotatable bonds is 12. The fraction of sp³-hybridized carbons (Fsp3) is 0.346. The quantitative estimate of drug-likeness (QED) is 0.383. The molecule has 0 radical (unpaired) electrons. The Morgan fingerprint density at radius 2 is 1.85 bits per heavy atom. The summed E-state index contributed by atoms with van der Waals surface area (Å²) in [4.78, 5) is 30.8. The van der Waals surface area contributed by atoms with Crippen LogP contribution in [0.25, 0.3) is 0 Å². The van der Waals surface area contributed by atoms with Gasteiger partial charge in [0.1, 0.15) is 10.8 Å². The fourth-order valence-electron chi connectivity index (χ4n) is 3.67. The molecule has 0 fully saturated rings. The van der Waals surface area contributed by atoms with Crippen molar-refractivity contribution in [2.45, 2.75) is 46.1 Å². The molecule has 7 heteroatoms. The highest BCUT2D eigenvalue weighted by Gasteiger charge is 2.20. The monoisotopic (exact) mass is 466 g/mol. The molecule has 3 rings (SSSR count). The third-order valence-electron chi connectivity index (χ3n) is 5.18.